The number of benzene rings is 1. The second-order valence-corrected chi connectivity index (χ2v) is 5.97. The van der Waals surface area contributed by atoms with Crippen LogP contribution in [-0.4, -0.2) is 20.7 Å². The molecule has 0 saturated heterocycles. The van der Waals surface area contributed by atoms with E-state index >= 15 is 0 Å². The maximum Gasteiger partial charge on any atom is 0.248 e. The molecule has 1 N–H and O–H groups in total. The smallest absolute Gasteiger partial charge is 0.248 e. The minimum absolute atomic E-state index is 0.199. The Morgan fingerprint density at radius 2 is 1.92 bits per heavy atom. The van der Waals surface area contributed by atoms with Crippen molar-refractivity contribution in [3.8, 4) is 5.69 Å². The number of hydrogen-bond acceptors (Lipinski definition) is 3. The summed E-state index contributed by atoms with van der Waals surface area (Å²) in [7, 11) is 0. The van der Waals surface area contributed by atoms with Gasteiger partial charge in [-0.3, -0.25) is 9.78 Å². The fourth-order valence-electron chi connectivity index (χ4n) is 2.65. The average molecular weight is 332 g/mol. The molecule has 0 atom stereocenters. The van der Waals surface area contributed by atoms with Crippen molar-refractivity contribution < 1.29 is 4.79 Å². The first-order valence-corrected chi connectivity index (χ1v) is 8.06. The molecular formula is C20H20N4O. The van der Waals surface area contributed by atoms with Gasteiger partial charge in [0.05, 0.1) is 17.1 Å². The molecule has 0 spiro atoms. The SMILES string of the molecule is Cc1cncc(/C=C/C(=O)Nc2ccccc2-n2nc(C)cc2C)c1. The number of nitrogens with zero attached hydrogens (tertiary/aromatic N) is 3. The molecule has 0 bridgehead atoms. The predicted molar refractivity (Wildman–Crippen MR) is 99.7 cm³/mol. The van der Waals surface area contributed by atoms with Crippen LogP contribution in [0.2, 0.25) is 0 Å². The molecule has 126 valence electrons. The van der Waals surface area contributed by atoms with Crippen LogP contribution in [0.25, 0.3) is 11.8 Å². The van der Waals surface area contributed by atoms with Gasteiger partial charge in [0.2, 0.25) is 5.91 Å². The van der Waals surface area contributed by atoms with Crippen LogP contribution in [0.15, 0.2) is 54.9 Å². The highest BCUT2D eigenvalue weighted by Crippen LogP contribution is 2.21. The van der Waals surface area contributed by atoms with E-state index in [4.69, 9.17) is 0 Å². The first-order valence-electron chi connectivity index (χ1n) is 8.06. The largest absolute Gasteiger partial charge is 0.321 e. The molecule has 3 aromatic rings. The third-order valence-electron chi connectivity index (χ3n) is 3.72. The Morgan fingerprint density at radius 3 is 2.64 bits per heavy atom. The van der Waals surface area contributed by atoms with E-state index in [0.717, 1.165) is 28.2 Å². The van der Waals surface area contributed by atoms with Crippen LogP contribution in [0.4, 0.5) is 5.69 Å². The van der Waals surface area contributed by atoms with Gasteiger partial charge in [-0.25, -0.2) is 4.68 Å². The highest BCUT2D eigenvalue weighted by molar-refractivity contribution is 6.03. The molecule has 0 aliphatic carbocycles. The van der Waals surface area contributed by atoms with Crippen molar-refractivity contribution in [3.05, 3.63) is 77.4 Å². The van der Waals surface area contributed by atoms with E-state index in [0.29, 0.717) is 5.69 Å². The van der Waals surface area contributed by atoms with Crippen LogP contribution in [0.1, 0.15) is 22.5 Å². The van der Waals surface area contributed by atoms with E-state index in [1.807, 2.05) is 61.9 Å². The van der Waals surface area contributed by atoms with Crippen LogP contribution in [0.3, 0.4) is 0 Å². The van der Waals surface area contributed by atoms with Gasteiger partial charge in [0.25, 0.3) is 0 Å². The van der Waals surface area contributed by atoms with Crippen LogP contribution >= 0.6 is 0 Å². The van der Waals surface area contributed by atoms with Gasteiger partial charge in [-0.1, -0.05) is 12.1 Å². The fourth-order valence-corrected chi connectivity index (χ4v) is 2.65. The Balaban J connectivity index is 1.81. The fraction of sp³-hybridized carbons (Fsp3) is 0.150. The molecule has 5 nitrogen and oxygen atoms in total. The zero-order chi connectivity index (χ0) is 17.8. The number of carbonyl (C=O) groups is 1. The minimum Gasteiger partial charge on any atom is -0.321 e. The van der Waals surface area contributed by atoms with Gasteiger partial charge in [-0.05, 0) is 62.2 Å². The maximum absolute atomic E-state index is 12.3. The normalized spacial score (nSPS) is 11.0. The number of carbonyl (C=O) groups excluding carboxylic acids is 1. The predicted octanol–water partition coefficient (Wildman–Crippen LogP) is 3.84. The minimum atomic E-state index is -0.199. The molecule has 0 aliphatic rings. The van der Waals surface area contributed by atoms with Crippen LogP contribution < -0.4 is 5.32 Å². The van der Waals surface area contributed by atoms with E-state index in [2.05, 4.69) is 15.4 Å². The summed E-state index contributed by atoms with van der Waals surface area (Å²) in [6.07, 6.45) is 6.76. The summed E-state index contributed by atoms with van der Waals surface area (Å²) >= 11 is 0. The zero-order valence-corrected chi connectivity index (χ0v) is 14.5. The molecule has 1 aromatic carbocycles. The lowest BCUT2D eigenvalue weighted by Crippen LogP contribution is -2.11. The number of aromatic nitrogens is 3. The van der Waals surface area contributed by atoms with E-state index in [-0.39, 0.29) is 5.91 Å². The van der Waals surface area contributed by atoms with Crippen LogP contribution in [-0.2, 0) is 4.79 Å². The van der Waals surface area contributed by atoms with Crippen molar-refractivity contribution in [2.75, 3.05) is 5.32 Å². The van der Waals surface area contributed by atoms with Crippen molar-refractivity contribution in [2.24, 2.45) is 0 Å². The highest BCUT2D eigenvalue weighted by atomic mass is 16.1. The molecule has 0 saturated carbocycles. The number of rotatable bonds is 4. The van der Waals surface area contributed by atoms with Gasteiger partial charge >= 0.3 is 0 Å². The molecule has 25 heavy (non-hydrogen) atoms. The highest BCUT2D eigenvalue weighted by Gasteiger charge is 2.09. The third kappa shape index (κ3) is 4.01. The molecule has 1 amide bonds. The van der Waals surface area contributed by atoms with Crippen molar-refractivity contribution in [1.29, 1.82) is 0 Å². The Kier molecular flexibility index (Phi) is 4.75. The lowest BCUT2D eigenvalue weighted by Gasteiger charge is -2.11. The summed E-state index contributed by atoms with van der Waals surface area (Å²) in [6.45, 7) is 5.90. The van der Waals surface area contributed by atoms with Crippen LogP contribution in [0, 0.1) is 20.8 Å². The van der Waals surface area contributed by atoms with Gasteiger partial charge in [0.15, 0.2) is 0 Å². The standard InChI is InChI=1S/C20H20N4O/c1-14-10-17(13-21-12-14)8-9-20(25)22-18-6-4-5-7-19(18)24-16(3)11-15(2)23-24/h4-13H,1-3H3,(H,22,25)/b9-8+. The topological polar surface area (TPSA) is 59.8 Å². The van der Waals surface area contributed by atoms with Crippen molar-refractivity contribution in [1.82, 2.24) is 14.8 Å². The molecule has 0 aliphatic heterocycles. The zero-order valence-electron chi connectivity index (χ0n) is 14.5. The Morgan fingerprint density at radius 1 is 1.12 bits per heavy atom. The number of para-hydroxylation sites is 2. The van der Waals surface area contributed by atoms with Gasteiger partial charge in [0, 0.05) is 24.2 Å². The number of nitrogens with one attached hydrogen (secondary N) is 1. The monoisotopic (exact) mass is 332 g/mol. The summed E-state index contributed by atoms with van der Waals surface area (Å²) in [5.41, 5.74) is 5.45. The van der Waals surface area contributed by atoms with Gasteiger partial charge < -0.3 is 5.32 Å². The molecule has 3 rings (SSSR count). The first-order chi connectivity index (χ1) is 12.0. The third-order valence-corrected chi connectivity index (χ3v) is 3.72. The molecule has 0 fully saturated rings. The average Bonchev–Trinajstić information content (AvgIpc) is 2.92. The second kappa shape index (κ2) is 7.13. The molecule has 2 heterocycles. The van der Waals surface area contributed by atoms with E-state index in [1.165, 1.54) is 6.08 Å². The first kappa shape index (κ1) is 16.6. The number of aryl methyl sites for hydroxylation is 3. The summed E-state index contributed by atoms with van der Waals surface area (Å²) in [4.78, 5) is 16.4. The summed E-state index contributed by atoms with van der Waals surface area (Å²) in [5, 5.41) is 7.41. The maximum atomic E-state index is 12.3. The quantitative estimate of drug-likeness (QED) is 0.738. The van der Waals surface area contributed by atoms with Gasteiger partial charge in [0.1, 0.15) is 0 Å². The molecular weight excluding hydrogens is 312 g/mol. The van der Waals surface area contributed by atoms with Gasteiger partial charge in [-0.2, -0.15) is 5.10 Å². The second-order valence-electron chi connectivity index (χ2n) is 5.97. The lowest BCUT2D eigenvalue weighted by molar-refractivity contribution is -0.111. The number of anilines is 1. The Bertz CT molecular complexity index is 940. The number of pyridine rings is 1. The van der Waals surface area contributed by atoms with Gasteiger partial charge in [-0.15, -0.1) is 0 Å². The van der Waals surface area contributed by atoms with E-state index < -0.39 is 0 Å². The Labute approximate surface area is 147 Å². The number of amides is 1. The molecule has 0 radical (unpaired) electrons. The summed E-state index contributed by atoms with van der Waals surface area (Å²) in [6, 6.07) is 11.6. The van der Waals surface area contributed by atoms with Crippen molar-refractivity contribution >= 4 is 17.7 Å². The summed E-state index contributed by atoms with van der Waals surface area (Å²) in [5.74, 6) is -0.199. The lowest BCUT2D eigenvalue weighted by atomic mass is 10.2. The Hall–Kier alpha value is -3.21. The van der Waals surface area contributed by atoms with E-state index in [1.54, 1.807) is 18.5 Å². The number of hydrogen-bond donors (Lipinski definition) is 1. The van der Waals surface area contributed by atoms with Crippen molar-refractivity contribution in [2.45, 2.75) is 20.8 Å². The molecule has 5 heteroatoms. The van der Waals surface area contributed by atoms with Crippen LogP contribution in [0.5, 0.6) is 0 Å². The molecule has 2 aromatic heterocycles. The van der Waals surface area contributed by atoms with E-state index in [9.17, 15) is 4.79 Å². The summed E-state index contributed by atoms with van der Waals surface area (Å²) < 4.78 is 1.83. The molecule has 0 unspecified atom stereocenters. The van der Waals surface area contributed by atoms with Crippen molar-refractivity contribution in [3.63, 3.8) is 0 Å².